The highest BCUT2D eigenvalue weighted by Crippen LogP contribution is 2.59. The van der Waals surface area contributed by atoms with Crippen molar-refractivity contribution in [3.05, 3.63) is 35.5 Å². The van der Waals surface area contributed by atoms with Crippen LogP contribution in [0.2, 0.25) is 0 Å². The van der Waals surface area contributed by atoms with Gasteiger partial charge in [0.25, 0.3) is 0 Å². The Bertz CT molecular complexity index is 720. The number of hydrogen-bond donors (Lipinski definition) is 2. The summed E-state index contributed by atoms with van der Waals surface area (Å²) in [5.74, 6) is 0.400. The van der Waals surface area contributed by atoms with E-state index in [0.29, 0.717) is 23.8 Å². The zero-order valence-corrected chi connectivity index (χ0v) is 18.5. The SMILES string of the molecule is C=C(C)CCC[C@]1(C)CCC=C2[C@H]1CC[C@H](C)[C@@]2(C)C[C@@H](O)C1=CC(=O)OC1O. The number of hydrogen-bond acceptors (Lipinski definition) is 4. The van der Waals surface area contributed by atoms with E-state index in [2.05, 4.69) is 40.3 Å². The molecule has 0 aromatic heterocycles. The Morgan fingerprint density at radius 2 is 2.10 bits per heavy atom. The van der Waals surface area contributed by atoms with E-state index in [4.69, 9.17) is 4.74 Å². The number of fused-ring (bicyclic) bond motifs is 1. The lowest BCUT2D eigenvalue weighted by atomic mass is 9.50. The van der Waals surface area contributed by atoms with E-state index >= 15 is 0 Å². The maximum atomic E-state index is 11.5. The number of aliphatic hydroxyl groups is 2. The summed E-state index contributed by atoms with van der Waals surface area (Å²) in [5.41, 5.74) is 3.18. The molecule has 3 aliphatic rings. The second kappa shape index (κ2) is 8.39. The molecule has 4 heteroatoms. The molecule has 0 radical (unpaired) electrons. The number of cyclic esters (lactones) is 1. The highest BCUT2D eigenvalue weighted by Gasteiger charge is 2.50. The van der Waals surface area contributed by atoms with Crippen molar-refractivity contribution in [2.75, 3.05) is 0 Å². The number of allylic oxidation sites excluding steroid dienone is 3. The summed E-state index contributed by atoms with van der Waals surface area (Å²) in [5, 5.41) is 20.9. The molecule has 0 aromatic rings. The van der Waals surface area contributed by atoms with Crippen LogP contribution in [0.1, 0.15) is 79.1 Å². The fraction of sp³-hybridized carbons (Fsp3) is 0.720. The molecule has 2 aliphatic carbocycles. The molecule has 0 aromatic carbocycles. The third kappa shape index (κ3) is 4.39. The van der Waals surface area contributed by atoms with Gasteiger partial charge in [0.2, 0.25) is 6.29 Å². The lowest BCUT2D eigenvalue weighted by Crippen LogP contribution is -2.45. The number of esters is 1. The van der Waals surface area contributed by atoms with Crippen molar-refractivity contribution in [2.24, 2.45) is 22.7 Å². The molecule has 29 heavy (non-hydrogen) atoms. The second-order valence-electron chi connectivity index (χ2n) is 10.3. The van der Waals surface area contributed by atoms with Crippen LogP contribution in [0.25, 0.3) is 0 Å². The molecule has 4 nitrogen and oxygen atoms in total. The number of carbonyl (C=O) groups is 1. The van der Waals surface area contributed by atoms with Crippen LogP contribution in [0.3, 0.4) is 0 Å². The fourth-order valence-corrected chi connectivity index (χ4v) is 6.02. The summed E-state index contributed by atoms with van der Waals surface area (Å²) in [6.07, 6.45) is 10.1. The van der Waals surface area contributed by atoms with Crippen LogP contribution in [0.4, 0.5) is 0 Å². The first-order valence-electron chi connectivity index (χ1n) is 11.2. The molecule has 0 bridgehead atoms. The third-order valence-electron chi connectivity index (χ3n) is 8.08. The summed E-state index contributed by atoms with van der Waals surface area (Å²) in [7, 11) is 0. The van der Waals surface area contributed by atoms with Crippen LogP contribution in [0.5, 0.6) is 0 Å². The van der Waals surface area contributed by atoms with Crippen LogP contribution >= 0.6 is 0 Å². The van der Waals surface area contributed by atoms with E-state index in [1.165, 1.54) is 42.9 Å². The molecule has 1 aliphatic heterocycles. The molecule has 6 atom stereocenters. The molecule has 0 saturated heterocycles. The van der Waals surface area contributed by atoms with Crippen molar-refractivity contribution in [2.45, 2.75) is 91.5 Å². The van der Waals surface area contributed by atoms with Gasteiger partial charge in [0.1, 0.15) is 0 Å². The van der Waals surface area contributed by atoms with Gasteiger partial charge in [-0.05, 0) is 81.0 Å². The Morgan fingerprint density at radius 3 is 2.72 bits per heavy atom. The molecule has 0 amide bonds. The molecule has 2 N–H and O–H groups in total. The summed E-state index contributed by atoms with van der Waals surface area (Å²) in [6, 6.07) is 0. The highest BCUT2D eigenvalue weighted by atomic mass is 16.6. The van der Waals surface area contributed by atoms with Gasteiger partial charge < -0.3 is 14.9 Å². The first kappa shape index (κ1) is 22.3. The lowest BCUT2D eigenvalue weighted by molar-refractivity contribution is -0.152. The van der Waals surface area contributed by atoms with Gasteiger partial charge in [-0.2, -0.15) is 0 Å². The maximum absolute atomic E-state index is 11.5. The Kier molecular flexibility index (Phi) is 6.45. The standard InChI is InChI=1S/C25H38O4/c1-16(2)8-6-12-24(4)13-7-9-20-19(24)11-10-17(3)25(20,5)15-21(26)18-14-22(27)29-23(18)28/h9,14,17,19,21,23,26,28H,1,6-8,10-13,15H2,2-5H3/t17-,19+,21+,23?,24+,25+/m0/s1. The molecule has 162 valence electrons. The normalized spacial score (nSPS) is 38.0. The maximum Gasteiger partial charge on any atom is 0.333 e. The van der Waals surface area contributed by atoms with E-state index in [1.807, 2.05) is 0 Å². The number of rotatable bonds is 7. The number of carbonyl (C=O) groups excluding carboxylic acids is 1. The Labute approximate surface area is 175 Å². The first-order chi connectivity index (χ1) is 13.6. The summed E-state index contributed by atoms with van der Waals surface area (Å²) >= 11 is 0. The summed E-state index contributed by atoms with van der Waals surface area (Å²) in [6.45, 7) is 13.2. The molecule has 1 heterocycles. The summed E-state index contributed by atoms with van der Waals surface area (Å²) < 4.78 is 4.79. The minimum atomic E-state index is -1.32. The minimum Gasteiger partial charge on any atom is -0.429 e. The lowest BCUT2D eigenvalue weighted by Gasteiger charge is -2.54. The molecule has 1 fully saturated rings. The van der Waals surface area contributed by atoms with Gasteiger partial charge in [-0.3, -0.25) is 0 Å². The van der Waals surface area contributed by atoms with Crippen molar-refractivity contribution in [3.8, 4) is 0 Å². The van der Waals surface area contributed by atoms with Crippen molar-refractivity contribution in [1.29, 1.82) is 0 Å². The van der Waals surface area contributed by atoms with E-state index in [9.17, 15) is 15.0 Å². The monoisotopic (exact) mass is 402 g/mol. The predicted molar refractivity (Wildman–Crippen MR) is 115 cm³/mol. The Morgan fingerprint density at radius 1 is 1.38 bits per heavy atom. The van der Waals surface area contributed by atoms with E-state index in [-0.39, 0.29) is 10.8 Å². The third-order valence-corrected chi connectivity index (χ3v) is 8.08. The average molecular weight is 403 g/mol. The van der Waals surface area contributed by atoms with Crippen LogP contribution in [0, 0.1) is 22.7 Å². The first-order valence-corrected chi connectivity index (χ1v) is 11.2. The van der Waals surface area contributed by atoms with Crippen LogP contribution in [-0.4, -0.2) is 28.6 Å². The van der Waals surface area contributed by atoms with Gasteiger partial charge in [-0.1, -0.05) is 38.0 Å². The van der Waals surface area contributed by atoms with E-state index in [0.717, 1.165) is 19.3 Å². The van der Waals surface area contributed by atoms with E-state index in [1.54, 1.807) is 0 Å². The Balaban J connectivity index is 1.81. The largest absolute Gasteiger partial charge is 0.429 e. The van der Waals surface area contributed by atoms with Crippen molar-refractivity contribution < 1.29 is 19.7 Å². The van der Waals surface area contributed by atoms with E-state index < -0.39 is 18.4 Å². The van der Waals surface area contributed by atoms with Crippen LogP contribution < -0.4 is 0 Å². The van der Waals surface area contributed by atoms with Gasteiger partial charge >= 0.3 is 5.97 Å². The van der Waals surface area contributed by atoms with Gasteiger partial charge in [-0.25, -0.2) is 4.79 Å². The Hall–Kier alpha value is -1.39. The van der Waals surface area contributed by atoms with Crippen molar-refractivity contribution in [1.82, 2.24) is 0 Å². The molecule has 0 spiro atoms. The smallest absolute Gasteiger partial charge is 0.333 e. The zero-order chi connectivity index (χ0) is 21.4. The number of ether oxygens (including phenoxy) is 1. The van der Waals surface area contributed by atoms with Gasteiger partial charge in [0.15, 0.2) is 0 Å². The van der Waals surface area contributed by atoms with Crippen LogP contribution in [0.15, 0.2) is 35.5 Å². The average Bonchev–Trinajstić information content (AvgIpc) is 2.97. The molecule has 1 saturated carbocycles. The highest BCUT2D eigenvalue weighted by molar-refractivity contribution is 5.85. The topological polar surface area (TPSA) is 66.8 Å². The van der Waals surface area contributed by atoms with Crippen molar-refractivity contribution in [3.63, 3.8) is 0 Å². The summed E-state index contributed by atoms with van der Waals surface area (Å²) in [4.78, 5) is 11.5. The quantitative estimate of drug-likeness (QED) is 0.461. The predicted octanol–water partition coefficient (Wildman–Crippen LogP) is 5.06. The van der Waals surface area contributed by atoms with Gasteiger partial charge in [0, 0.05) is 11.6 Å². The minimum absolute atomic E-state index is 0.148. The molecular formula is C25H38O4. The van der Waals surface area contributed by atoms with Crippen molar-refractivity contribution >= 4 is 5.97 Å². The van der Waals surface area contributed by atoms with Gasteiger partial charge in [0.05, 0.1) is 6.10 Å². The molecular weight excluding hydrogens is 364 g/mol. The second-order valence-corrected chi connectivity index (χ2v) is 10.3. The van der Waals surface area contributed by atoms with Gasteiger partial charge in [-0.15, -0.1) is 6.58 Å². The number of aliphatic hydroxyl groups excluding tert-OH is 2. The molecule has 1 unspecified atom stereocenters. The zero-order valence-electron chi connectivity index (χ0n) is 18.5. The fourth-order valence-electron chi connectivity index (χ4n) is 6.02. The van der Waals surface area contributed by atoms with Crippen LogP contribution in [-0.2, 0) is 9.53 Å². The molecule has 3 rings (SSSR count).